The van der Waals surface area contributed by atoms with Crippen molar-refractivity contribution in [3.8, 4) is 0 Å². The lowest BCUT2D eigenvalue weighted by Crippen LogP contribution is -2.25. The number of nitrogens with two attached hydrogens (primary N) is 1. The third-order valence-electron chi connectivity index (χ3n) is 2.30. The van der Waals surface area contributed by atoms with E-state index in [-0.39, 0.29) is 12.0 Å². The van der Waals surface area contributed by atoms with Gasteiger partial charge in [0.05, 0.1) is 13.5 Å². The first-order valence-corrected chi connectivity index (χ1v) is 6.01. The minimum Gasteiger partial charge on any atom is -0.481 e. The zero-order chi connectivity index (χ0) is 14.7. The number of aryl methyl sites for hydroxylation is 1. The molecule has 0 aromatic heterocycles. The summed E-state index contributed by atoms with van der Waals surface area (Å²) >= 11 is 0. The molecule has 0 saturated heterocycles. The number of carboxylic acids is 1. The molecular weight excluding hydrogens is 246 g/mol. The van der Waals surface area contributed by atoms with Crippen molar-refractivity contribution in [2.75, 3.05) is 7.11 Å². The van der Waals surface area contributed by atoms with Crippen LogP contribution in [-0.4, -0.2) is 30.2 Å². The molecule has 0 amide bonds. The molecular formula is C14H21NO4. The number of methoxy groups -OCH3 is 1. The van der Waals surface area contributed by atoms with E-state index in [1.54, 1.807) is 0 Å². The van der Waals surface area contributed by atoms with E-state index in [2.05, 4.69) is 16.9 Å². The van der Waals surface area contributed by atoms with E-state index in [9.17, 15) is 4.79 Å². The molecule has 0 aliphatic heterocycles. The van der Waals surface area contributed by atoms with Gasteiger partial charge in [0.2, 0.25) is 0 Å². The summed E-state index contributed by atoms with van der Waals surface area (Å²) in [6.07, 6.45) is 2.00. The molecule has 0 aliphatic carbocycles. The summed E-state index contributed by atoms with van der Waals surface area (Å²) in [6, 6.07) is 9.99. The first-order chi connectivity index (χ1) is 8.95. The highest BCUT2D eigenvalue weighted by atomic mass is 16.5. The van der Waals surface area contributed by atoms with Gasteiger partial charge in [-0.25, -0.2) is 0 Å². The third-order valence-corrected chi connectivity index (χ3v) is 2.30. The molecule has 19 heavy (non-hydrogen) atoms. The summed E-state index contributed by atoms with van der Waals surface area (Å²) in [4.78, 5) is 19.9. The van der Waals surface area contributed by atoms with Crippen LogP contribution in [0.5, 0.6) is 0 Å². The molecule has 5 heteroatoms. The molecule has 0 aliphatic rings. The number of carbonyl (C=O) groups is 2. The van der Waals surface area contributed by atoms with Crippen LogP contribution in [-0.2, 0) is 20.7 Å². The molecule has 1 atom stereocenters. The highest BCUT2D eigenvalue weighted by molar-refractivity contribution is 5.69. The van der Waals surface area contributed by atoms with Gasteiger partial charge in [0.1, 0.15) is 0 Å². The molecule has 0 unspecified atom stereocenters. The number of ether oxygens (including phenoxy) is 1. The Morgan fingerprint density at radius 1 is 1.32 bits per heavy atom. The minimum absolute atomic E-state index is 0.113. The fourth-order valence-electron chi connectivity index (χ4n) is 1.40. The Kier molecular flexibility index (Phi) is 9.08. The van der Waals surface area contributed by atoms with E-state index in [0.717, 1.165) is 19.8 Å². The van der Waals surface area contributed by atoms with Crippen molar-refractivity contribution in [3.63, 3.8) is 0 Å². The van der Waals surface area contributed by atoms with Crippen LogP contribution < -0.4 is 5.73 Å². The Balaban J connectivity index is 0.000000711. The monoisotopic (exact) mass is 267 g/mol. The lowest BCUT2D eigenvalue weighted by atomic mass is 10.0. The highest BCUT2D eigenvalue weighted by Crippen LogP contribution is 2.06. The molecule has 0 fully saturated rings. The van der Waals surface area contributed by atoms with Gasteiger partial charge in [0.25, 0.3) is 5.97 Å². The predicted molar refractivity (Wildman–Crippen MR) is 72.7 cm³/mol. The second-order valence-electron chi connectivity index (χ2n) is 4.08. The second kappa shape index (κ2) is 10.1. The van der Waals surface area contributed by atoms with Crippen molar-refractivity contribution < 1.29 is 19.4 Å². The van der Waals surface area contributed by atoms with Crippen LogP contribution in [0.3, 0.4) is 0 Å². The number of aliphatic carboxylic acids is 1. The van der Waals surface area contributed by atoms with E-state index in [1.165, 1.54) is 12.7 Å². The molecule has 1 aromatic carbocycles. The van der Waals surface area contributed by atoms with Gasteiger partial charge < -0.3 is 15.6 Å². The van der Waals surface area contributed by atoms with Crippen LogP contribution in [0.2, 0.25) is 0 Å². The van der Waals surface area contributed by atoms with Crippen molar-refractivity contribution in [2.24, 2.45) is 5.73 Å². The third kappa shape index (κ3) is 11.0. The SMILES string of the molecule is CC(=O)O.COC(=O)C[C@H](N)CCc1ccccc1. The van der Waals surface area contributed by atoms with Gasteiger partial charge >= 0.3 is 5.97 Å². The molecule has 1 aromatic rings. The topological polar surface area (TPSA) is 89.6 Å². The average molecular weight is 267 g/mol. The van der Waals surface area contributed by atoms with Crippen LogP contribution in [0, 0.1) is 0 Å². The van der Waals surface area contributed by atoms with Crippen molar-refractivity contribution in [1.29, 1.82) is 0 Å². The van der Waals surface area contributed by atoms with E-state index >= 15 is 0 Å². The van der Waals surface area contributed by atoms with Crippen LogP contribution in [0.1, 0.15) is 25.3 Å². The molecule has 1 rings (SSSR count). The Hall–Kier alpha value is -1.88. The smallest absolute Gasteiger partial charge is 0.307 e. The summed E-state index contributed by atoms with van der Waals surface area (Å²) < 4.78 is 4.55. The number of benzene rings is 1. The molecule has 0 saturated carbocycles. The summed E-state index contributed by atoms with van der Waals surface area (Å²) in [5.74, 6) is -1.07. The molecule has 0 heterocycles. The predicted octanol–water partition coefficient (Wildman–Crippen LogP) is 1.60. The van der Waals surface area contributed by atoms with Crippen molar-refractivity contribution >= 4 is 11.9 Å². The minimum atomic E-state index is -0.833. The highest BCUT2D eigenvalue weighted by Gasteiger charge is 2.09. The maximum absolute atomic E-state index is 10.9. The number of esters is 1. The van der Waals surface area contributed by atoms with Crippen LogP contribution >= 0.6 is 0 Å². The number of hydrogen-bond acceptors (Lipinski definition) is 4. The fourth-order valence-corrected chi connectivity index (χ4v) is 1.40. The molecule has 0 bridgehead atoms. The van der Waals surface area contributed by atoms with Gasteiger partial charge in [-0.2, -0.15) is 0 Å². The number of hydrogen-bond donors (Lipinski definition) is 2. The van der Waals surface area contributed by atoms with Gasteiger partial charge in [0, 0.05) is 13.0 Å². The summed E-state index contributed by atoms with van der Waals surface area (Å²) in [5, 5.41) is 7.42. The van der Waals surface area contributed by atoms with Gasteiger partial charge in [-0.1, -0.05) is 30.3 Å². The average Bonchev–Trinajstić information content (AvgIpc) is 2.37. The maximum atomic E-state index is 10.9. The van der Waals surface area contributed by atoms with Crippen molar-refractivity contribution in [2.45, 2.75) is 32.2 Å². The molecule has 0 spiro atoms. The van der Waals surface area contributed by atoms with Gasteiger partial charge in [-0.05, 0) is 18.4 Å². The first kappa shape index (κ1) is 17.1. The fraction of sp³-hybridized carbons (Fsp3) is 0.429. The molecule has 106 valence electrons. The van der Waals surface area contributed by atoms with Gasteiger partial charge in [0.15, 0.2) is 0 Å². The summed E-state index contributed by atoms with van der Waals surface area (Å²) in [6.45, 7) is 1.08. The summed E-state index contributed by atoms with van der Waals surface area (Å²) in [7, 11) is 1.38. The molecule has 3 N–H and O–H groups in total. The quantitative estimate of drug-likeness (QED) is 0.791. The zero-order valence-corrected chi connectivity index (χ0v) is 11.3. The van der Waals surface area contributed by atoms with Gasteiger partial charge in [-0.3, -0.25) is 9.59 Å². The largest absolute Gasteiger partial charge is 0.481 e. The van der Waals surface area contributed by atoms with Crippen LogP contribution in [0.25, 0.3) is 0 Å². The normalized spacial score (nSPS) is 10.9. The number of carbonyl (C=O) groups excluding carboxylic acids is 1. The lowest BCUT2D eigenvalue weighted by Gasteiger charge is -2.09. The zero-order valence-electron chi connectivity index (χ0n) is 11.3. The van der Waals surface area contributed by atoms with E-state index in [0.29, 0.717) is 6.42 Å². The first-order valence-electron chi connectivity index (χ1n) is 6.01. The Bertz CT molecular complexity index is 374. The van der Waals surface area contributed by atoms with Gasteiger partial charge in [-0.15, -0.1) is 0 Å². The standard InChI is InChI=1S/C12H17NO2.C2H4O2/c1-15-12(14)9-11(13)8-7-10-5-3-2-4-6-10;1-2(3)4/h2-6,11H,7-9,13H2,1H3;1H3,(H,3,4)/t11-;/m1./s1. The Morgan fingerprint density at radius 2 is 1.84 bits per heavy atom. The van der Waals surface area contributed by atoms with E-state index in [1.807, 2.05) is 18.2 Å². The van der Waals surface area contributed by atoms with Crippen molar-refractivity contribution in [1.82, 2.24) is 0 Å². The van der Waals surface area contributed by atoms with E-state index < -0.39 is 5.97 Å². The Labute approximate surface area is 113 Å². The number of rotatable bonds is 5. The molecule has 0 radical (unpaired) electrons. The second-order valence-corrected chi connectivity index (χ2v) is 4.08. The molecule has 5 nitrogen and oxygen atoms in total. The Morgan fingerprint density at radius 3 is 2.32 bits per heavy atom. The van der Waals surface area contributed by atoms with E-state index in [4.69, 9.17) is 15.6 Å². The lowest BCUT2D eigenvalue weighted by molar-refractivity contribution is -0.141. The van der Waals surface area contributed by atoms with Crippen LogP contribution in [0.4, 0.5) is 0 Å². The van der Waals surface area contributed by atoms with Crippen LogP contribution in [0.15, 0.2) is 30.3 Å². The van der Waals surface area contributed by atoms with Crippen molar-refractivity contribution in [3.05, 3.63) is 35.9 Å². The summed E-state index contributed by atoms with van der Waals surface area (Å²) in [5.41, 5.74) is 7.05. The number of carboxylic acid groups (broad SMARTS) is 1. The maximum Gasteiger partial charge on any atom is 0.307 e.